The maximum absolute atomic E-state index is 13.1. The fourth-order valence-electron chi connectivity index (χ4n) is 4.08. The van der Waals surface area contributed by atoms with Crippen LogP contribution in [-0.2, 0) is 31.0 Å². The molecule has 9 nitrogen and oxygen atoms in total. The topological polar surface area (TPSA) is 113 Å². The summed E-state index contributed by atoms with van der Waals surface area (Å²) in [5, 5.41) is 2.50. The van der Waals surface area contributed by atoms with E-state index in [1.807, 2.05) is 0 Å². The first-order valence-electron chi connectivity index (χ1n) is 11.9. The van der Waals surface area contributed by atoms with Crippen molar-refractivity contribution in [2.45, 2.75) is 43.3 Å². The number of carbonyl (C=O) groups is 1. The summed E-state index contributed by atoms with van der Waals surface area (Å²) in [6.45, 7) is 2.20. The molecule has 1 aliphatic heterocycles. The highest BCUT2D eigenvalue weighted by molar-refractivity contribution is 7.92. The summed E-state index contributed by atoms with van der Waals surface area (Å²) in [6, 6.07) is 8.27. The van der Waals surface area contributed by atoms with Gasteiger partial charge in [0.15, 0.2) is 0 Å². The molecule has 2 aromatic carbocycles. The summed E-state index contributed by atoms with van der Waals surface area (Å²) < 4.78 is 97.1. The zero-order valence-corrected chi connectivity index (χ0v) is 22.6. The van der Waals surface area contributed by atoms with Crippen molar-refractivity contribution in [3.05, 3.63) is 54.1 Å². The van der Waals surface area contributed by atoms with Crippen molar-refractivity contribution in [3.63, 3.8) is 0 Å². The van der Waals surface area contributed by atoms with Gasteiger partial charge in [0.2, 0.25) is 26.0 Å². The van der Waals surface area contributed by atoms with Crippen LogP contribution in [0.2, 0.25) is 0 Å². The van der Waals surface area contributed by atoms with E-state index in [0.717, 1.165) is 37.7 Å². The molecule has 1 N–H and O–H groups in total. The Morgan fingerprint density at radius 1 is 1.05 bits per heavy atom. The number of halogens is 3. The van der Waals surface area contributed by atoms with Crippen LogP contribution in [0.15, 0.2) is 53.4 Å². The van der Waals surface area contributed by atoms with Gasteiger partial charge in [0.25, 0.3) is 0 Å². The predicted molar refractivity (Wildman–Crippen MR) is 136 cm³/mol. The Kier molecular flexibility index (Phi) is 9.31. The number of piperidine rings is 1. The molecule has 0 bridgehead atoms. The summed E-state index contributed by atoms with van der Waals surface area (Å²) in [6.07, 6.45) is -1.22. The van der Waals surface area contributed by atoms with Crippen LogP contribution in [0, 0.1) is 0 Å². The van der Waals surface area contributed by atoms with Gasteiger partial charge in [-0.25, -0.2) is 16.8 Å². The molecule has 3 rings (SSSR count). The van der Waals surface area contributed by atoms with Gasteiger partial charge in [-0.05, 0) is 62.2 Å². The number of anilines is 1. The standard InChI is InChI=1S/C24H30F3N3O6S2/c1-18(30(37(2,32)33)20-8-6-7-19(17-20)24(25,26)27)23(31)28-13-16-36-21-9-11-22(12-10-21)38(34,35)29-14-4-3-5-15-29/h6-12,17-18H,3-5,13-16H2,1-2H3,(H,28,31). The molecule has 1 fully saturated rings. The number of amides is 1. The Balaban J connectivity index is 1.58. The van der Waals surface area contributed by atoms with Crippen LogP contribution in [0.4, 0.5) is 18.9 Å². The fourth-order valence-corrected chi connectivity index (χ4v) is 6.76. The SMILES string of the molecule is CC(C(=O)NCCOc1ccc(S(=O)(=O)N2CCCCC2)cc1)N(c1cccc(C(F)(F)F)c1)S(C)(=O)=O. The van der Waals surface area contributed by atoms with E-state index in [4.69, 9.17) is 4.74 Å². The molecule has 0 saturated carbocycles. The second-order valence-electron chi connectivity index (χ2n) is 8.86. The van der Waals surface area contributed by atoms with Gasteiger partial charge in [-0.3, -0.25) is 9.10 Å². The Hall–Kier alpha value is -2.84. The van der Waals surface area contributed by atoms with Crippen molar-refractivity contribution >= 4 is 31.6 Å². The van der Waals surface area contributed by atoms with E-state index in [1.165, 1.54) is 41.6 Å². The second-order valence-corrected chi connectivity index (χ2v) is 12.7. The molecule has 0 spiro atoms. The van der Waals surface area contributed by atoms with Crippen LogP contribution in [0.5, 0.6) is 5.75 Å². The number of ether oxygens (including phenoxy) is 1. The third-order valence-electron chi connectivity index (χ3n) is 5.96. The first-order chi connectivity index (χ1) is 17.7. The van der Waals surface area contributed by atoms with E-state index in [2.05, 4.69) is 5.32 Å². The lowest BCUT2D eigenvalue weighted by Gasteiger charge is -2.28. The third kappa shape index (κ3) is 7.38. The number of nitrogens with one attached hydrogen (secondary N) is 1. The van der Waals surface area contributed by atoms with Crippen molar-refractivity contribution in [2.75, 3.05) is 36.8 Å². The zero-order chi connectivity index (χ0) is 28.1. The first kappa shape index (κ1) is 29.7. The molecule has 2 aromatic rings. The number of benzene rings is 2. The summed E-state index contributed by atoms with van der Waals surface area (Å²) in [4.78, 5) is 12.8. The molecule has 38 heavy (non-hydrogen) atoms. The molecular formula is C24H30F3N3O6S2. The molecule has 0 aliphatic carbocycles. The molecule has 210 valence electrons. The molecule has 1 aliphatic rings. The zero-order valence-electron chi connectivity index (χ0n) is 20.9. The van der Waals surface area contributed by atoms with Crippen LogP contribution in [0.25, 0.3) is 0 Å². The molecule has 0 aromatic heterocycles. The highest BCUT2D eigenvalue weighted by atomic mass is 32.2. The van der Waals surface area contributed by atoms with Gasteiger partial charge < -0.3 is 10.1 Å². The van der Waals surface area contributed by atoms with E-state index in [1.54, 1.807) is 0 Å². The van der Waals surface area contributed by atoms with Crippen molar-refractivity contribution in [2.24, 2.45) is 0 Å². The smallest absolute Gasteiger partial charge is 0.416 e. The van der Waals surface area contributed by atoms with E-state index in [0.29, 0.717) is 29.2 Å². The number of carbonyl (C=O) groups excluding carboxylic acids is 1. The van der Waals surface area contributed by atoms with Gasteiger partial charge >= 0.3 is 6.18 Å². The van der Waals surface area contributed by atoms with Gasteiger partial charge in [-0.15, -0.1) is 0 Å². The minimum Gasteiger partial charge on any atom is -0.492 e. The second kappa shape index (κ2) is 11.9. The van der Waals surface area contributed by atoms with Gasteiger partial charge in [-0.1, -0.05) is 12.5 Å². The van der Waals surface area contributed by atoms with E-state index in [9.17, 15) is 34.8 Å². The van der Waals surface area contributed by atoms with Gasteiger partial charge in [0.1, 0.15) is 18.4 Å². The third-order valence-corrected chi connectivity index (χ3v) is 9.12. The first-order valence-corrected chi connectivity index (χ1v) is 15.2. The number of hydrogen-bond acceptors (Lipinski definition) is 6. The molecular weight excluding hydrogens is 547 g/mol. The van der Waals surface area contributed by atoms with E-state index < -0.39 is 43.7 Å². The van der Waals surface area contributed by atoms with Crippen molar-refractivity contribution in [1.82, 2.24) is 9.62 Å². The van der Waals surface area contributed by atoms with Crippen LogP contribution in [-0.4, -0.2) is 65.6 Å². The minimum absolute atomic E-state index is 0.0148. The van der Waals surface area contributed by atoms with E-state index in [-0.39, 0.29) is 23.7 Å². The monoisotopic (exact) mass is 577 g/mol. The van der Waals surface area contributed by atoms with Crippen LogP contribution >= 0.6 is 0 Å². The van der Waals surface area contributed by atoms with Crippen LogP contribution < -0.4 is 14.4 Å². The van der Waals surface area contributed by atoms with Crippen LogP contribution in [0.1, 0.15) is 31.7 Å². The predicted octanol–water partition coefficient (Wildman–Crippen LogP) is 3.23. The lowest BCUT2D eigenvalue weighted by atomic mass is 10.2. The van der Waals surface area contributed by atoms with Crippen molar-refractivity contribution < 1.29 is 39.5 Å². The van der Waals surface area contributed by atoms with Gasteiger partial charge in [0, 0.05) is 13.1 Å². The lowest BCUT2D eigenvalue weighted by molar-refractivity contribution is -0.137. The number of rotatable bonds is 10. The maximum atomic E-state index is 13.1. The summed E-state index contributed by atoms with van der Waals surface area (Å²) in [7, 11) is -7.68. The summed E-state index contributed by atoms with van der Waals surface area (Å²) in [5.74, 6) is -0.369. The molecule has 1 heterocycles. The quantitative estimate of drug-likeness (QED) is 0.434. The number of nitrogens with zero attached hydrogens (tertiary/aromatic N) is 2. The summed E-state index contributed by atoms with van der Waals surface area (Å²) in [5.41, 5.74) is -1.33. The van der Waals surface area contributed by atoms with Crippen molar-refractivity contribution in [3.8, 4) is 5.75 Å². The number of sulfonamides is 2. The van der Waals surface area contributed by atoms with E-state index >= 15 is 0 Å². The van der Waals surface area contributed by atoms with Crippen molar-refractivity contribution in [1.29, 1.82) is 0 Å². The summed E-state index contributed by atoms with van der Waals surface area (Å²) >= 11 is 0. The Labute approximate surface area is 220 Å². The molecule has 1 amide bonds. The average Bonchev–Trinajstić information content (AvgIpc) is 2.86. The Morgan fingerprint density at radius 2 is 1.68 bits per heavy atom. The molecule has 0 radical (unpaired) electrons. The molecule has 1 saturated heterocycles. The molecule has 1 unspecified atom stereocenters. The number of alkyl halides is 3. The minimum atomic E-state index is -4.68. The molecule has 1 atom stereocenters. The average molecular weight is 578 g/mol. The largest absolute Gasteiger partial charge is 0.492 e. The highest BCUT2D eigenvalue weighted by Gasteiger charge is 2.34. The van der Waals surface area contributed by atoms with Crippen LogP contribution in [0.3, 0.4) is 0 Å². The lowest BCUT2D eigenvalue weighted by Crippen LogP contribution is -2.48. The maximum Gasteiger partial charge on any atom is 0.416 e. The normalized spacial score (nSPS) is 16.0. The Morgan fingerprint density at radius 3 is 2.26 bits per heavy atom. The number of hydrogen-bond donors (Lipinski definition) is 1. The fraction of sp³-hybridized carbons (Fsp3) is 0.458. The highest BCUT2D eigenvalue weighted by Crippen LogP contribution is 2.33. The molecule has 14 heteroatoms. The van der Waals surface area contributed by atoms with Gasteiger partial charge in [0.05, 0.1) is 28.9 Å². The van der Waals surface area contributed by atoms with Gasteiger partial charge in [-0.2, -0.15) is 17.5 Å². The Bertz CT molecular complexity index is 1330.